The van der Waals surface area contributed by atoms with E-state index in [0.29, 0.717) is 18.8 Å². The van der Waals surface area contributed by atoms with Crippen LogP contribution in [0.25, 0.3) is 0 Å². The van der Waals surface area contributed by atoms with Gasteiger partial charge in [0.15, 0.2) is 0 Å². The first-order valence-electron chi connectivity index (χ1n) is 8.85. The molecule has 0 aromatic heterocycles. The maximum Gasteiger partial charge on any atom is 0.325 e. The van der Waals surface area contributed by atoms with Crippen molar-refractivity contribution in [2.75, 3.05) is 19.6 Å². The number of hydrogen-bond acceptors (Lipinski definition) is 4. The van der Waals surface area contributed by atoms with Gasteiger partial charge in [0.2, 0.25) is 5.91 Å². The number of carbonyl (C=O) groups excluding carboxylic acids is 3. The number of amides is 4. The largest absolute Gasteiger partial charge is 0.350 e. The van der Waals surface area contributed by atoms with Gasteiger partial charge < -0.3 is 16.0 Å². The number of nitrogens with one attached hydrogen (secondary N) is 3. The van der Waals surface area contributed by atoms with Crippen LogP contribution in [0.1, 0.15) is 46.5 Å². The van der Waals surface area contributed by atoms with E-state index < -0.39 is 11.6 Å². The highest BCUT2D eigenvalue weighted by atomic mass is 35.5. The molecule has 3 fully saturated rings. The van der Waals surface area contributed by atoms with Crippen molar-refractivity contribution in [3.05, 3.63) is 0 Å². The Bertz CT molecular complexity index is 562. The first-order valence-corrected chi connectivity index (χ1v) is 8.85. The summed E-state index contributed by atoms with van der Waals surface area (Å²) in [5.41, 5.74) is -0.845. The van der Waals surface area contributed by atoms with Crippen molar-refractivity contribution in [2.24, 2.45) is 11.3 Å². The third kappa shape index (κ3) is 4.08. The van der Waals surface area contributed by atoms with Crippen molar-refractivity contribution in [3.8, 4) is 0 Å². The minimum absolute atomic E-state index is 0. The van der Waals surface area contributed by atoms with Crippen LogP contribution in [-0.4, -0.2) is 54.0 Å². The van der Waals surface area contributed by atoms with E-state index in [2.05, 4.69) is 36.7 Å². The molecule has 0 aromatic rings. The highest BCUT2D eigenvalue weighted by Crippen LogP contribution is 2.46. The Hall–Kier alpha value is -1.34. The molecule has 1 aliphatic carbocycles. The Morgan fingerprint density at radius 3 is 2.64 bits per heavy atom. The van der Waals surface area contributed by atoms with Crippen molar-refractivity contribution in [1.82, 2.24) is 20.9 Å². The van der Waals surface area contributed by atoms with Crippen molar-refractivity contribution in [3.63, 3.8) is 0 Å². The molecule has 2 aliphatic heterocycles. The normalized spacial score (nSPS) is 34.0. The molecular formula is C17H29ClN4O3. The number of nitrogens with zero attached hydrogens (tertiary/aromatic N) is 1. The number of rotatable bonds is 3. The number of halogens is 1. The van der Waals surface area contributed by atoms with Crippen LogP contribution in [0.2, 0.25) is 0 Å². The summed E-state index contributed by atoms with van der Waals surface area (Å²) < 4.78 is 0. The molecule has 25 heavy (non-hydrogen) atoms. The highest BCUT2D eigenvalue weighted by Gasteiger charge is 2.56. The van der Waals surface area contributed by atoms with Crippen molar-refractivity contribution in [1.29, 1.82) is 0 Å². The van der Waals surface area contributed by atoms with Gasteiger partial charge in [0.05, 0.1) is 0 Å². The predicted molar refractivity (Wildman–Crippen MR) is 96.4 cm³/mol. The van der Waals surface area contributed by atoms with Crippen molar-refractivity contribution < 1.29 is 14.4 Å². The molecule has 3 N–H and O–H groups in total. The minimum atomic E-state index is -0.840. The van der Waals surface area contributed by atoms with Gasteiger partial charge in [-0.25, -0.2) is 4.79 Å². The summed E-state index contributed by atoms with van der Waals surface area (Å²) >= 11 is 0. The smallest absolute Gasteiger partial charge is 0.325 e. The van der Waals surface area contributed by atoms with E-state index in [1.54, 1.807) is 0 Å². The van der Waals surface area contributed by atoms with Crippen LogP contribution >= 0.6 is 12.4 Å². The Kier molecular flexibility index (Phi) is 5.68. The van der Waals surface area contributed by atoms with Gasteiger partial charge in [-0.1, -0.05) is 20.8 Å². The Morgan fingerprint density at radius 2 is 2.04 bits per heavy atom. The zero-order valence-electron chi connectivity index (χ0n) is 15.2. The molecule has 2 heterocycles. The third-order valence-electron chi connectivity index (χ3n) is 5.35. The summed E-state index contributed by atoms with van der Waals surface area (Å²) in [5.74, 6) is -0.157. The van der Waals surface area contributed by atoms with Gasteiger partial charge in [0.1, 0.15) is 12.1 Å². The van der Waals surface area contributed by atoms with Gasteiger partial charge in [-0.2, -0.15) is 0 Å². The van der Waals surface area contributed by atoms with Gasteiger partial charge in [0.25, 0.3) is 5.91 Å². The van der Waals surface area contributed by atoms with Gasteiger partial charge in [-0.3, -0.25) is 14.5 Å². The molecule has 2 saturated heterocycles. The van der Waals surface area contributed by atoms with Crippen LogP contribution in [0, 0.1) is 11.3 Å². The Balaban J connectivity index is 0.00000225. The average Bonchev–Trinajstić information content (AvgIpc) is 3.00. The second kappa shape index (κ2) is 7.11. The molecule has 0 bridgehead atoms. The SMILES string of the molecule is CC1CC(C)(C)CC2(C1)NC(=O)N(CC(=O)NC1CCNC1)C2=O.Cl. The quantitative estimate of drug-likeness (QED) is 0.645. The number of urea groups is 1. The van der Waals surface area contributed by atoms with Crippen LogP contribution in [0.4, 0.5) is 4.79 Å². The highest BCUT2D eigenvalue weighted by molar-refractivity contribution is 6.09. The minimum Gasteiger partial charge on any atom is -0.350 e. The Morgan fingerprint density at radius 1 is 1.32 bits per heavy atom. The van der Waals surface area contributed by atoms with Crippen LogP contribution in [-0.2, 0) is 9.59 Å². The van der Waals surface area contributed by atoms with E-state index in [9.17, 15) is 14.4 Å². The van der Waals surface area contributed by atoms with Crippen molar-refractivity contribution in [2.45, 2.75) is 58.0 Å². The molecule has 0 radical (unpaired) electrons. The lowest BCUT2D eigenvalue weighted by atomic mass is 9.64. The molecule has 3 unspecified atom stereocenters. The lowest BCUT2D eigenvalue weighted by molar-refractivity contribution is -0.137. The molecule has 7 nitrogen and oxygen atoms in total. The third-order valence-corrected chi connectivity index (χ3v) is 5.35. The van der Waals surface area contributed by atoms with Gasteiger partial charge in [0, 0.05) is 12.6 Å². The summed E-state index contributed by atoms with van der Waals surface area (Å²) in [5, 5.41) is 8.96. The molecule has 8 heteroatoms. The molecule has 3 rings (SSSR count). The van der Waals surface area contributed by atoms with Crippen LogP contribution in [0.3, 0.4) is 0 Å². The van der Waals surface area contributed by atoms with E-state index in [0.717, 1.165) is 30.8 Å². The number of imide groups is 1. The maximum absolute atomic E-state index is 12.9. The zero-order chi connectivity index (χ0) is 17.5. The van der Waals surface area contributed by atoms with Crippen LogP contribution in [0.15, 0.2) is 0 Å². The second-order valence-corrected chi connectivity index (χ2v) is 8.52. The number of hydrogen-bond donors (Lipinski definition) is 3. The standard InChI is InChI=1S/C17H28N4O3.ClH/c1-11-6-16(2,3)10-17(7-11)14(23)21(15(24)20-17)9-13(22)19-12-4-5-18-8-12;/h11-12,18H,4-10H2,1-3H3,(H,19,22)(H,20,24);1H. The predicted octanol–water partition coefficient (Wildman–Crippen LogP) is 1.02. The van der Waals surface area contributed by atoms with E-state index in [4.69, 9.17) is 0 Å². The first-order chi connectivity index (χ1) is 11.2. The molecule has 1 saturated carbocycles. The molecule has 4 amide bonds. The van der Waals surface area contributed by atoms with E-state index in [1.807, 2.05) is 0 Å². The lowest BCUT2D eigenvalue weighted by Crippen LogP contribution is -2.54. The fourth-order valence-electron chi connectivity index (χ4n) is 4.84. The molecule has 0 aromatic carbocycles. The van der Waals surface area contributed by atoms with E-state index >= 15 is 0 Å². The average molecular weight is 373 g/mol. The zero-order valence-corrected chi connectivity index (χ0v) is 16.0. The fraction of sp³-hybridized carbons (Fsp3) is 0.824. The van der Waals surface area contributed by atoms with E-state index in [1.165, 1.54) is 0 Å². The van der Waals surface area contributed by atoms with E-state index in [-0.39, 0.29) is 42.2 Å². The van der Waals surface area contributed by atoms with Crippen molar-refractivity contribution >= 4 is 30.3 Å². The molecular weight excluding hydrogens is 344 g/mol. The monoisotopic (exact) mass is 372 g/mol. The van der Waals surface area contributed by atoms with Gasteiger partial charge in [-0.05, 0) is 43.6 Å². The van der Waals surface area contributed by atoms with Crippen LogP contribution in [0.5, 0.6) is 0 Å². The first kappa shape index (κ1) is 20.0. The second-order valence-electron chi connectivity index (χ2n) is 8.52. The fourth-order valence-corrected chi connectivity index (χ4v) is 4.84. The summed E-state index contributed by atoms with van der Waals surface area (Å²) in [6.45, 7) is 7.80. The van der Waals surface area contributed by atoms with Gasteiger partial charge >= 0.3 is 6.03 Å². The van der Waals surface area contributed by atoms with Gasteiger partial charge in [-0.15, -0.1) is 12.4 Å². The summed E-state index contributed by atoms with van der Waals surface area (Å²) in [4.78, 5) is 38.6. The summed E-state index contributed by atoms with van der Waals surface area (Å²) in [7, 11) is 0. The Labute approximate surface area is 155 Å². The molecule has 3 aliphatic rings. The van der Waals surface area contributed by atoms with Crippen LogP contribution < -0.4 is 16.0 Å². The molecule has 3 atom stereocenters. The maximum atomic E-state index is 12.9. The molecule has 1 spiro atoms. The molecule has 142 valence electrons. The lowest BCUT2D eigenvalue weighted by Gasteiger charge is -2.43. The number of carbonyl (C=O) groups is 3. The summed E-state index contributed by atoms with van der Waals surface area (Å²) in [6.07, 6.45) is 3.18. The topological polar surface area (TPSA) is 90.5 Å². The summed E-state index contributed by atoms with van der Waals surface area (Å²) in [6, 6.07) is -0.356.